The van der Waals surface area contributed by atoms with Gasteiger partial charge in [0.05, 0.1) is 17.6 Å². The van der Waals surface area contributed by atoms with Gasteiger partial charge in [0.1, 0.15) is 29.2 Å². The number of aryl methyl sites for hydroxylation is 2. The van der Waals surface area contributed by atoms with Crippen LogP contribution in [-0.2, 0) is 0 Å². The molecule has 10 heteroatoms. The fourth-order valence-corrected chi connectivity index (χ4v) is 4.27. The molecule has 4 aromatic rings. The Balaban J connectivity index is 1.52. The summed E-state index contributed by atoms with van der Waals surface area (Å²) < 4.78 is 60.0. The van der Waals surface area contributed by atoms with Crippen LogP contribution < -0.4 is 15.4 Å². The molecule has 5 rings (SSSR count). The summed E-state index contributed by atoms with van der Waals surface area (Å²) in [6.45, 7) is 3.22. The van der Waals surface area contributed by atoms with Gasteiger partial charge in [0.15, 0.2) is 0 Å². The smallest absolute Gasteiger partial charge is 0.390 e. The van der Waals surface area contributed by atoms with Crippen molar-refractivity contribution in [3.63, 3.8) is 0 Å². The zero-order chi connectivity index (χ0) is 27.0. The number of alkyl halides is 3. The van der Waals surface area contributed by atoms with Crippen molar-refractivity contribution in [3.05, 3.63) is 77.4 Å². The van der Waals surface area contributed by atoms with Crippen LogP contribution in [0.15, 0.2) is 54.9 Å². The number of hydrogen-bond donors (Lipinski definition) is 2. The SMILES string of the molecule is Cc1cc(F)cc(Oc2cc(NCCC(F)(F)F)c3ncn(-c4ccc(C(=O)NC5CC5)c(C)c4)c3c2)c1. The van der Waals surface area contributed by atoms with Crippen LogP contribution in [0, 0.1) is 19.7 Å². The Labute approximate surface area is 216 Å². The fraction of sp³-hybridized carbons (Fsp3) is 0.286. The molecule has 1 aromatic heterocycles. The summed E-state index contributed by atoms with van der Waals surface area (Å²) in [5.41, 5.74) is 4.09. The first-order chi connectivity index (χ1) is 18.1. The highest BCUT2D eigenvalue weighted by Crippen LogP contribution is 2.34. The van der Waals surface area contributed by atoms with E-state index in [0.717, 1.165) is 18.4 Å². The molecule has 0 unspecified atom stereocenters. The van der Waals surface area contributed by atoms with Crippen LogP contribution in [-0.4, -0.2) is 34.2 Å². The van der Waals surface area contributed by atoms with E-state index in [1.54, 1.807) is 48.1 Å². The predicted molar refractivity (Wildman–Crippen MR) is 137 cm³/mol. The first kappa shape index (κ1) is 25.6. The molecule has 1 aliphatic rings. The van der Waals surface area contributed by atoms with Gasteiger partial charge < -0.3 is 15.4 Å². The third kappa shape index (κ3) is 5.90. The van der Waals surface area contributed by atoms with Crippen molar-refractivity contribution in [1.29, 1.82) is 0 Å². The van der Waals surface area contributed by atoms with Gasteiger partial charge in [0, 0.05) is 42.0 Å². The van der Waals surface area contributed by atoms with E-state index in [4.69, 9.17) is 4.74 Å². The molecule has 0 spiro atoms. The second kappa shape index (κ2) is 10.00. The van der Waals surface area contributed by atoms with E-state index in [2.05, 4.69) is 15.6 Å². The highest BCUT2D eigenvalue weighted by molar-refractivity contribution is 5.96. The number of ether oxygens (including phenoxy) is 1. The third-order valence-electron chi connectivity index (χ3n) is 6.25. The van der Waals surface area contributed by atoms with Crippen molar-refractivity contribution in [2.24, 2.45) is 0 Å². The second-order valence-corrected chi connectivity index (χ2v) is 9.56. The molecular weight excluding hydrogens is 500 g/mol. The number of carbonyl (C=O) groups is 1. The van der Waals surface area contributed by atoms with Gasteiger partial charge in [-0.1, -0.05) is 0 Å². The Morgan fingerprint density at radius 1 is 1.08 bits per heavy atom. The minimum atomic E-state index is -4.32. The quantitative estimate of drug-likeness (QED) is 0.247. The van der Waals surface area contributed by atoms with Gasteiger partial charge in [0.25, 0.3) is 5.91 Å². The topological polar surface area (TPSA) is 68.2 Å². The molecule has 3 aromatic carbocycles. The van der Waals surface area contributed by atoms with Gasteiger partial charge >= 0.3 is 6.18 Å². The summed E-state index contributed by atoms with van der Waals surface area (Å²) in [5, 5.41) is 5.80. The summed E-state index contributed by atoms with van der Waals surface area (Å²) in [6.07, 6.45) is -1.79. The number of aromatic nitrogens is 2. The minimum Gasteiger partial charge on any atom is -0.457 e. The number of anilines is 1. The second-order valence-electron chi connectivity index (χ2n) is 9.56. The van der Waals surface area contributed by atoms with Crippen molar-refractivity contribution in [2.75, 3.05) is 11.9 Å². The number of fused-ring (bicyclic) bond motifs is 1. The number of imidazole rings is 1. The molecule has 38 heavy (non-hydrogen) atoms. The van der Waals surface area contributed by atoms with Crippen LogP contribution in [0.25, 0.3) is 16.7 Å². The summed E-state index contributed by atoms with van der Waals surface area (Å²) >= 11 is 0. The van der Waals surface area contributed by atoms with Crippen molar-refractivity contribution in [3.8, 4) is 17.2 Å². The maximum atomic E-state index is 13.9. The van der Waals surface area contributed by atoms with Gasteiger partial charge in [-0.15, -0.1) is 0 Å². The average Bonchev–Trinajstić information content (AvgIpc) is 3.52. The zero-order valence-corrected chi connectivity index (χ0v) is 20.8. The number of hydrogen-bond acceptors (Lipinski definition) is 4. The molecule has 2 N–H and O–H groups in total. The highest BCUT2D eigenvalue weighted by Gasteiger charge is 2.27. The Hall–Kier alpha value is -4.08. The van der Waals surface area contributed by atoms with Crippen LogP contribution in [0.1, 0.15) is 40.7 Å². The lowest BCUT2D eigenvalue weighted by Crippen LogP contribution is -2.26. The molecule has 0 saturated heterocycles. The van der Waals surface area contributed by atoms with Crippen LogP contribution in [0.4, 0.5) is 23.2 Å². The van der Waals surface area contributed by atoms with Gasteiger partial charge in [-0.25, -0.2) is 9.37 Å². The summed E-state index contributed by atoms with van der Waals surface area (Å²) in [4.78, 5) is 17.0. The van der Waals surface area contributed by atoms with Crippen molar-refractivity contribution >= 4 is 22.6 Å². The molecule has 1 amide bonds. The van der Waals surface area contributed by atoms with E-state index in [1.807, 2.05) is 13.0 Å². The van der Waals surface area contributed by atoms with E-state index < -0.39 is 18.4 Å². The molecule has 0 atom stereocenters. The van der Waals surface area contributed by atoms with Crippen molar-refractivity contribution < 1.29 is 27.1 Å². The number of nitrogens with one attached hydrogen (secondary N) is 2. The molecule has 1 heterocycles. The average molecular weight is 527 g/mol. The molecule has 0 radical (unpaired) electrons. The molecule has 1 aliphatic carbocycles. The number of nitrogens with zero attached hydrogens (tertiary/aromatic N) is 2. The van der Waals surface area contributed by atoms with E-state index in [-0.39, 0.29) is 24.2 Å². The lowest BCUT2D eigenvalue weighted by molar-refractivity contribution is -0.131. The molecule has 0 aliphatic heterocycles. The first-order valence-corrected chi connectivity index (χ1v) is 12.2. The molecule has 1 fully saturated rings. The summed E-state index contributed by atoms with van der Waals surface area (Å²) in [7, 11) is 0. The van der Waals surface area contributed by atoms with Gasteiger partial charge in [-0.3, -0.25) is 9.36 Å². The third-order valence-corrected chi connectivity index (χ3v) is 6.25. The molecular formula is C28H26F4N4O2. The Morgan fingerprint density at radius 2 is 1.84 bits per heavy atom. The summed E-state index contributed by atoms with van der Waals surface area (Å²) in [5.74, 6) is -0.0212. The standard InChI is InChI=1S/C28H26F4N4O2/c1-16-9-18(29)12-21(10-16)38-22-13-24(33-8-7-28(30,31)32)26-25(14-22)36(15-34-26)20-5-6-23(17(2)11-20)27(37)35-19-3-4-19/h5-6,9-15,19,33H,3-4,7-8H2,1-2H3,(H,35,37). The number of amides is 1. The number of rotatable bonds is 8. The number of halogens is 4. The molecule has 6 nitrogen and oxygen atoms in total. The van der Waals surface area contributed by atoms with E-state index in [9.17, 15) is 22.4 Å². The number of benzene rings is 3. The van der Waals surface area contributed by atoms with Crippen molar-refractivity contribution in [2.45, 2.75) is 45.3 Å². The van der Waals surface area contributed by atoms with Crippen molar-refractivity contribution in [1.82, 2.24) is 14.9 Å². The van der Waals surface area contributed by atoms with Gasteiger partial charge in [-0.05, 0) is 68.1 Å². The minimum absolute atomic E-state index is 0.121. The normalized spacial score (nSPS) is 13.5. The van der Waals surface area contributed by atoms with Crippen LogP contribution in [0.2, 0.25) is 0 Å². The summed E-state index contributed by atoms with van der Waals surface area (Å²) in [6, 6.07) is 13.1. The number of carbonyl (C=O) groups excluding carboxylic acids is 1. The highest BCUT2D eigenvalue weighted by atomic mass is 19.4. The lowest BCUT2D eigenvalue weighted by Gasteiger charge is -2.14. The largest absolute Gasteiger partial charge is 0.457 e. The maximum absolute atomic E-state index is 13.9. The predicted octanol–water partition coefficient (Wildman–Crippen LogP) is 6.83. The zero-order valence-electron chi connectivity index (χ0n) is 20.8. The van der Waals surface area contributed by atoms with E-state index >= 15 is 0 Å². The Bertz CT molecular complexity index is 1490. The maximum Gasteiger partial charge on any atom is 0.390 e. The van der Waals surface area contributed by atoms with Crippen LogP contribution in [0.3, 0.4) is 0 Å². The van der Waals surface area contributed by atoms with E-state index in [1.165, 1.54) is 12.1 Å². The Kier molecular flexibility index (Phi) is 6.73. The molecule has 1 saturated carbocycles. The fourth-order valence-electron chi connectivity index (χ4n) is 4.27. The molecule has 0 bridgehead atoms. The van der Waals surface area contributed by atoms with E-state index in [0.29, 0.717) is 39.3 Å². The monoisotopic (exact) mass is 526 g/mol. The van der Waals surface area contributed by atoms with Crippen LogP contribution in [0.5, 0.6) is 11.5 Å². The Morgan fingerprint density at radius 3 is 2.53 bits per heavy atom. The van der Waals surface area contributed by atoms with Gasteiger partial charge in [0.2, 0.25) is 0 Å². The van der Waals surface area contributed by atoms with Gasteiger partial charge in [-0.2, -0.15) is 13.2 Å². The molecule has 198 valence electrons. The first-order valence-electron chi connectivity index (χ1n) is 12.2. The lowest BCUT2D eigenvalue weighted by atomic mass is 10.1. The van der Waals surface area contributed by atoms with Crippen LogP contribution >= 0.6 is 0 Å².